The molecule has 2 saturated heterocycles. The van der Waals surface area contributed by atoms with Crippen LogP contribution in [0.15, 0.2) is 54.7 Å². The molecule has 2 fully saturated rings. The largest absolute Gasteiger partial charge is 0.348 e. The Balaban J connectivity index is 1.56. The summed E-state index contributed by atoms with van der Waals surface area (Å²) >= 11 is 6.59. The van der Waals surface area contributed by atoms with Crippen LogP contribution in [0.5, 0.6) is 0 Å². The van der Waals surface area contributed by atoms with E-state index in [0.29, 0.717) is 27.1 Å². The van der Waals surface area contributed by atoms with Crippen molar-refractivity contribution in [2.75, 3.05) is 31.1 Å². The second kappa shape index (κ2) is 8.50. The standard InChI is InChI=1S/C28H23ClF2N6O/c1-17(38)36-13-27(14-36)15-37(16-28(27,30)31)26-21(12-32)25(19-5-3-4-6-22(19)29)20-8-7-18(11-23(20)34-26)24-9-10-33-35(24)2/h3-11H,13-16H2,1-2H3. The quantitative estimate of drug-likeness (QED) is 0.365. The molecule has 38 heavy (non-hydrogen) atoms. The lowest BCUT2D eigenvalue weighted by atomic mass is 9.76. The van der Waals surface area contributed by atoms with Gasteiger partial charge in [0.1, 0.15) is 17.5 Å². The zero-order chi connectivity index (χ0) is 26.8. The van der Waals surface area contributed by atoms with E-state index in [1.54, 1.807) is 23.0 Å². The van der Waals surface area contributed by atoms with Gasteiger partial charge in [-0.3, -0.25) is 9.48 Å². The number of amides is 1. The third-order valence-corrected chi connectivity index (χ3v) is 8.06. The molecule has 4 heterocycles. The van der Waals surface area contributed by atoms with Crippen LogP contribution in [0.1, 0.15) is 12.5 Å². The van der Waals surface area contributed by atoms with E-state index < -0.39 is 17.9 Å². The first-order valence-corrected chi connectivity index (χ1v) is 12.5. The fraction of sp³-hybridized carbons (Fsp3) is 0.286. The molecule has 4 aromatic rings. The molecule has 0 saturated carbocycles. The molecule has 0 bridgehead atoms. The van der Waals surface area contributed by atoms with E-state index in [1.807, 2.05) is 43.4 Å². The summed E-state index contributed by atoms with van der Waals surface area (Å²) in [5.41, 5.74) is 2.26. The zero-order valence-corrected chi connectivity index (χ0v) is 21.5. The van der Waals surface area contributed by atoms with Gasteiger partial charge >= 0.3 is 0 Å². The van der Waals surface area contributed by atoms with Gasteiger partial charge in [-0.15, -0.1) is 0 Å². The van der Waals surface area contributed by atoms with Crippen molar-refractivity contribution in [3.05, 3.63) is 65.3 Å². The van der Waals surface area contributed by atoms with Gasteiger partial charge in [0.15, 0.2) is 0 Å². The van der Waals surface area contributed by atoms with Crippen LogP contribution in [-0.4, -0.2) is 57.7 Å². The van der Waals surface area contributed by atoms with Crippen molar-refractivity contribution < 1.29 is 13.6 Å². The van der Waals surface area contributed by atoms with E-state index >= 15 is 8.78 Å². The Morgan fingerprint density at radius 3 is 2.53 bits per heavy atom. The third kappa shape index (κ3) is 3.55. The topological polar surface area (TPSA) is 78.1 Å². The van der Waals surface area contributed by atoms with Gasteiger partial charge in [0.25, 0.3) is 5.92 Å². The van der Waals surface area contributed by atoms with Gasteiger partial charge in [-0.05, 0) is 18.2 Å². The van der Waals surface area contributed by atoms with Crippen LogP contribution >= 0.6 is 11.6 Å². The molecule has 2 aromatic carbocycles. The van der Waals surface area contributed by atoms with E-state index in [2.05, 4.69) is 11.2 Å². The molecule has 2 aliphatic rings. The Hall–Kier alpha value is -4.03. The Morgan fingerprint density at radius 2 is 1.87 bits per heavy atom. The molecule has 1 spiro atoms. The molecule has 2 aromatic heterocycles. The van der Waals surface area contributed by atoms with E-state index in [4.69, 9.17) is 16.6 Å². The smallest absolute Gasteiger partial charge is 0.275 e. The molecular formula is C28H23ClF2N6O. The number of hydrogen-bond donors (Lipinski definition) is 0. The molecule has 0 N–H and O–H groups in total. The molecule has 0 radical (unpaired) electrons. The lowest BCUT2D eigenvalue weighted by Crippen LogP contribution is -2.65. The number of alkyl halides is 2. The molecule has 0 aliphatic carbocycles. The van der Waals surface area contributed by atoms with Crippen molar-refractivity contribution in [2.24, 2.45) is 12.5 Å². The maximum absolute atomic E-state index is 15.4. The highest BCUT2D eigenvalue weighted by atomic mass is 35.5. The van der Waals surface area contributed by atoms with Gasteiger partial charge in [0, 0.05) is 66.9 Å². The van der Waals surface area contributed by atoms with Gasteiger partial charge < -0.3 is 9.80 Å². The van der Waals surface area contributed by atoms with Crippen molar-refractivity contribution in [3.63, 3.8) is 0 Å². The number of aromatic nitrogens is 3. The van der Waals surface area contributed by atoms with E-state index in [-0.39, 0.29) is 36.9 Å². The Labute approximate surface area is 222 Å². The first-order chi connectivity index (χ1) is 18.1. The number of benzene rings is 2. The molecule has 0 unspecified atom stereocenters. The minimum Gasteiger partial charge on any atom is -0.348 e. The number of carbonyl (C=O) groups is 1. The number of carbonyl (C=O) groups excluding carboxylic acids is 1. The van der Waals surface area contributed by atoms with Gasteiger partial charge in [-0.2, -0.15) is 10.4 Å². The molecule has 192 valence electrons. The molecule has 2 aliphatic heterocycles. The van der Waals surface area contributed by atoms with Gasteiger partial charge in [-0.25, -0.2) is 13.8 Å². The number of hydrogen-bond acceptors (Lipinski definition) is 5. The first kappa shape index (κ1) is 24.3. The Kier molecular flexibility index (Phi) is 5.44. The predicted octanol–water partition coefficient (Wildman–Crippen LogP) is 5.13. The lowest BCUT2D eigenvalue weighted by Gasteiger charge is -2.49. The molecule has 10 heteroatoms. The van der Waals surface area contributed by atoms with Crippen LogP contribution in [0.4, 0.5) is 14.6 Å². The van der Waals surface area contributed by atoms with Crippen molar-refractivity contribution in [1.29, 1.82) is 5.26 Å². The number of likely N-dealkylation sites (tertiary alicyclic amines) is 1. The Bertz CT molecular complexity index is 1650. The van der Waals surface area contributed by atoms with Crippen molar-refractivity contribution in [2.45, 2.75) is 12.8 Å². The minimum atomic E-state index is -3.05. The molecule has 6 rings (SSSR count). The van der Waals surface area contributed by atoms with Crippen LogP contribution in [0.2, 0.25) is 5.02 Å². The van der Waals surface area contributed by atoms with Crippen LogP contribution in [-0.2, 0) is 11.8 Å². The maximum atomic E-state index is 15.4. The van der Waals surface area contributed by atoms with Crippen molar-refractivity contribution in [1.82, 2.24) is 19.7 Å². The van der Waals surface area contributed by atoms with E-state index in [9.17, 15) is 10.1 Å². The molecular weight excluding hydrogens is 510 g/mol. The molecule has 0 atom stereocenters. The number of pyridine rings is 1. The third-order valence-electron chi connectivity index (χ3n) is 7.73. The number of halogens is 3. The molecule has 7 nitrogen and oxygen atoms in total. The number of aryl methyl sites for hydroxylation is 1. The number of nitrogens with zero attached hydrogens (tertiary/aromatic N) is 6. The summed E-state index contributed by atoms with van der Waals surface area (Å²) in [6.07, 6.45) is 1.70. The fourth-order valence-electron chi connectivity index (χ4n) is 5.68. The average Bonchev–Trinajstić information content (AvgIpc) is 3.41. The lowest BCUT2D eigenvalue weighted by molar-refractivity contribution is -0.171. The van der Waals surface area contributed by atoms with Crippen molar-refractivity contribution >= 4 is 34.2 Å². The number of anilines is 1. The number of fused-ring (bicyclic) bond motifs is 1. The monoisotopic (exact) mass is 532 g/mol. The zero-order valence-electron chi connectivity index (χ0n) is 20.8. The van der Waals surface area contributed by atoms with Crippen molar-refractivity contribution in [3.8, 4) is 28.5 Å². The summed E-state index contributed by atoms with van der Waals surface area (Å²) in [5, 5.41) is 15.7. The summed E-state index contributed by atoms with van der Waals surface area (Å²) in [6.45, 7) is 0.731. The predicted molar refractivity (Wildman–Crippen MR) is 141 cm³/mol. The van der Waals surface area contributed by atoms with Crippen LogP contribution in [0.25, 0.3) is 33.3 Å². The maximum Gasteiger partial charge on any atom is 0.275 e. The fourth-order valence-corrected chi connectivity index (χ4v) is 5.91. The highest BCUT2D eigenvalue weighted by Crippen LogP contribution is 2.52. The second-order valence-corrected chi connectivity index (χ2v) is 10.5. The summed E-state index contributed by atoms with van der Waals surface area (Å²) in [6, 6.07) is 17.0. The SMILES string of the molecule is CC(=O)N1CC2(C1)CN(c1nc3cc(-c4ccnn4C)ccc3c(-c3ccccc3Cl)c1C#N)CC2(F)F. The first-order valence-electron chi connectivity index (χ1n) is 12.1. The summed E-state index contributed by atoms with van der Waals surface area (Å²) < 4.78 is 32.6. The van der Waals surface area contributed by atoms with Crippen LogP contribution in [0, 0.1) is 16.7 Å². The van der Waals surface area contributed by atoms with Crippen LogP contribution < -0.4 is 4.90 Å². The second-order valence-electron chi connectivity index (χ2n) is 10.1. The highest BCUT2D eigenvalue weighted by molar-refractivity contribution is 6.34. The van der Waals surface area contributed by atoms with Gasteiger partial charge in [0.2, 0.25) is 5.91 Å². The summed E-state index contributed by atoms with van der Waals surface area (Å²) in [5.74, 6) is -3.09. The normalized spacial score (nSPS) is 17.6. The number of rotatable bonds is 3. The summed E-state index contributed by atoms with van der Waals surface area (Å²) in [4.78, 5) is 19.5. The number of nitriles is 1. The van der Waals surface area contributed by atoms with Crippen LogP contribution in [0.3, 0.4) is 0 Å². The van der Waals surface area contributed by atoms with E-state index in [0.717, 1.165) is 11.3 Å². The minimum absolute atomic E-state index is 0.0135. The van der Waals surface area contributed by atoms with Gasteiger partial charge in [-0.1, -0.05) is 41.9 Å². The van der Waals surface area contributed by atoms with Gasteiger partial charge in [0.05, 0.1) is 23.2 Å². The average molecular weight is 533 g/mol. The Morgan fingerprint density at radius 1 is 1.11 bits per heavy atom. The summed E-state index contributed by atoms with van der Waals surface area (Å²) in [7, 11) is 1.83. The van der Waals surface area contributed by atoms with E-state index in [1.165, 1.54) is 16.7 Å². The highest BCUT2D eigenvalue weighted by Gasteiger charge is 2.66. The molecule has 1 amide bonds.